The normalized spacial score (nSPS) is 14.4. The Bertz CT molecular complexity index is 716. The first-order chi connectivity index (χ1) is 12.2. The highest BCUT2D eigenvalue weighted by Crippen LogP contribution is 2.21. The van der Waals surface area contributed by atoms with Gasteiger partial charge in [-0.1, -0.05) is 23.8 Å². The van der Waals surface area contributed by atoms with E-state index in [1.807, 2.05) is 52.0 Å². The van der Waals surface area contributed by atoms with E-state index in [1.54, 1.807) is 11.1 Å². The average Bonchev–Trinajstić information content (AvgIpc) is 3.01. The Balaban J connectivity index is 0.000000187. The number of nitrogens with two attached hydrogens (primary N) is 1. The predicted molar refractivity (Wildman–Crippen MR) is 99.7 cm³/mol. The van der Waals surface area contributed by atoms with E-state index in [-0.39, 0.29) is 12.1 Å². The van der Waals surface area contributed by atoms with E-state index >= 15 is 0 Å². The van der Waals surface area contributed by atoms with Gasteiger partial charge in [-0.3, -0.25) is 0 Å². The summed E-state index contributed by atoms with van der Waals surface area (Å²) in [6, 6.07) is 8.20. The molecule has 26 heavy (non-hydrogen) atoms. The van der Waals surface area contributed by atoms with Crippen LogP contribution in [0.4, 0.5) is 10.8 Å². The lowest BCUT2D eigenvalue weighted by molar-refractivity contribution is -0.00677. The topological polar surface area (TPSA) is 90.8 Å². The first-order valence-corrected chi connectivity index (χ1v) is 8.58. The van der Waals surface area contributed by atoms with E-state index in [2.05, 4.69) is 4.98 Å². The molecule has 2 aromatic rings. The molecule has 3 rings (SSSR count). The lowest BCUT2D eigenvalue weighted by Gasteiger charge is -2.29. The fourth-order valence-electron chi connectivity index (χ4n) is 2.29. The molecule has 7 heteroatoms. The van der Waals surface area contributed by atoms with Crippen molar-refractivity contribution < 1.29 is 18.7 Å². The van der Waals surface area contributed by atoms with E-state index < -0.39 is 5.60 Å². The smallest absolute Gasteiger partial charge is 0.410 e. The summed E-state index contributed by atoms with van der Waals surface area (Å²) in [7, 11) is 0. The van der Waals surface area contributed by atoms with Gasteiger partial charge in [-0.15, -0.1) is 0 Å². The van der Waals surface area contributed by atoms with Crippen molar-refractivity contribution in [3.05, 3.63) is 36.0 Å². The molecule has 0 aliphatic carbocycles. The third-order valence-corrected chi connectivity index (χ3v) is 3.49. The third-order valence-electron chi connectivity index (χ3n) is 3.49. The van der Waals surface area contributed by atoms with Gasteiger partial charge in [0.2, 0.25) is 0 Å². The minimum atomic E-state index is -0.407. The Morgan fingerprint density at radius 1 is 1.27 bits per heavy atom. The summed E-state index contributed by atoms with van der Waals surface area (Å²) in [5.41, 5.74) is 7.16. The number of hydrogen-bond donors (Lipinski definition) is 1. The number of ether oxygens (including phenoxy) is 2. The van der Waals surface area contributed by atoms with Gasteiger partial charge < -0.3 is 24.5 Å². The highest BCUT2D eigenvalue weighted by atomic mass is 16.6. The summed E-state index contributed by atoms with van der Waals surface area (Å²) in [6.07, 6.45) is 1.39. The molecule has 1 aromatic carbocycles. The second-order valence-corrected chi connectivity index (χ2v) is 7.01. The molecule has 1 saturated heterocycles. The number of anilines is 1. The molecule has 0 atom stereocenters. The molecule has 142 valence electrons. The highest BCUT2D eigenvalue weighted by Gasteiger charge is 2.23. The molecule has 2 N–H and O–H groups in total. The van der Waals surface area contributed by atoms with Crippen LogP contribution >= 0.6 is 0 Å². The summed E-state index contributed by atoms with van der Waals surface area (Å²) in [4.78, 5) is 17.0. The molecular weight excluding hydrogens is 334 g/mol. The molecule has 1 aromatic heterocycles. The Hall–Kier alpha value is -2.54. The minimum absolute atomic E-state index is 0.205. The summed E-state index contributed by atoms with van der Waals surface area (Å²) in [5.74, 6) is 0.709. The number of amides is 1. The zero-order chi connectivity index (χ0) is 19.2. The Morgan fingerprint density at radius 2 is 1.96 bits per heavy atom. The van der Waals surface area contributed by atoms with E-state index in [9.17, 15) is 4.79 Å². The second-order valence-electron chi connectivity index (χ2n) is 7.01. The highest BCUT2D eigenvalue weighted by molar-refractivity contribution is 5.68. The molecular formula is C19H27N3O4. The fourth-order valence-corrected chi connectivity index (χ4v) is 2.29. The largest absolute Gasteiger partial charge is 0.444 e. The molecule has 0 bridgehead atoms. The van der Waals surface area contributed by atoms with Crippen LogP contribution in [0.15, 0.2) is 34.9 Å². The lowest BCUT2D eigenvalue weighted by atomic mass is 10.1. The monoisotopic (exact) mass is 361 g/mol. The van der Waals surface area contributed by atoms with Crippen molar-refractivity contribution in [1.82, 2.24) is 9.88 Å². The van der Waals surface area contributed by atoms with Crippen LogP contribution in [0.3, 0.4) is 0 Å². The van der Waals surface area contributed by atoms with Crippen LogP contribution in [0.5, 0.6) is 0 Å². The van der Waals surface area contributed by atoms with Crippen LogP contribution in [0.2, 0.25) is 0 Å². The van der Waals surface area contributed by atoms with Crippen molar-refractivity contribution >= 4 is 12.1 Å². The number of aryl methyl sites for hydroxylation is 1. The van der Waals surface area contributed by atoms with Crippen molar-refractivity contribution in [1.29, 1.82) is 0 Å². The van der Waals surface area contributed by atoms with Crippen LogP contribution in [0, 0.1) is 6.92 Å². The average molecular weight is 361 g/mol. The summed E-state index contributed by atoms with van der Waals surface area (Å²) >= 11 is 0. The van der Waals surface area contributed by atoms with Crippen molar-refractivity contribution in [3.8, 4) is 11.3 Å². The molecule has 7 nitrogen and oxygen atoms in total. The number of aromatic nitrogens is 1. The van der Waals surface area contributed by atoms with Crippen LogP contribution in [0.25, 0.3) is 11.3 Å². The maximum Gasteiger partial charge on any atom is 0.410 e. The molecule has 1 aliphatic heterocycles. The van der Waals surface area contributed by atoms with Crippen molar-refractivity contribution in [2.45, 2.75) is 33.3 Å². The fraction of sp³-hybridized carbons (Fsp3) is 0.474. The second kappa shape index (κ2) is 8.71. The van der Waals surface area contributed by atoms with Crippen molar-refractivity contribution in [2.24, 2.45) is 0 Å². The molecule has 1 fully saturated rings. The Kier molecular flexibility index (Phi) is 6.63. The Morgan fingerprint density at radius 3 is 2.50 bits per heavy atom. The maximum absolute atomic E-state index is 11.5. The van der Waals surface area contributed by atoms with Crippen molar-refractivity contribution in [2.75, 3.05) is 32.0 Å². The molecule has 1 aliphatic rings. The number of hydrogen-bond acceptors (Lipinski definition) is 6. The number of nitrogens with zero attached hydrogens (tertiary/aromatic N) is 2. The van der Waals surface area contributed by atoms with Crippen LogP contribution in [0.1, 0.15) is 26.3 Å². The minimum Gasteiger partial charge on any atom is -0.444 e. The summed E-state index contributed by atoms with van der Waals surface area (Å²) in [6.45, 7) is 10.1. The van der Waals surface area contributed by atoms with Gasteiger partial charge in [0, 0.05) is 18.7 Å². The van der Waals surface area contributed by atoms with Gasteiger partial charge in [0.05, 0.1) is 19.4 Å². The first-order valence-electron chi connectivity index (χ1n) is 8.58. The van der Waals surface area contributed by atoms with Gasteiger partial charge in [0.15, 0.2) is 5.76 Å². The van der Waals surface area contributed by atoms with Crippen molar-refractivity contribution in [3.63, 3.8) is 0 Å². The SMILES string of the molecule is CC(C)(C)OC(=O)N1CCOCC1.Cc1cccc(-c2cnc(N)o2)c1. The Labute approximate surface area is 154 Å². The number of carbonyl (C=O) groups is 1. The van der Waals surface area contributed by atoms with Crippen LogP contribution in [-0.2, 0) is 9.47 Å². The van der Waals surface area contributed by atoms with E-state index in [0.717, 1.165) is 5.56 Å². The van der Waals surface area contributed by atoms with Gasteiger partial charge in [-0.2, -0.15) is 0 Å². The lowest BCUT2D eigenvalue weighted by Crippen LogP contribution is -2.43. The summed E-state index contributed by atoms with van der Waals surface area (Å²) in [5, 5.41) is 0. The van der Waals surface area contributed by atoms with Gasteiger partial charge in [-0.25, -0.2) is 9.78 Å². The number of nitrogen functional groups attached to an aromatic ring is 1. The van der Waals surface area contributed by atoms with Gasteiger partial charge >= 0.3 is 6.09 Å². The summed E-state index contributed by atoms with van der Waals surface area (Å²) < 4.78 is 15.5. The van der Waals surface area contributed by atoms with Crippen LogP contribution in [-0.4, -0.2) is 47.9 Å². The number of oxazole rings is 1. The third kappa shape index (κ3) is 6.40. The number of rotatable bonds is 1. The first kappa shape index (κ1) is 19.8. The number of carbonyl (C=O) groups excluding carboxylic acids is 1. The van der Waals surface area contributed by atoms with E-state index in [0.29, 0.717) is 32.1 Å². The van der Waals surface area contributed by atoms with E-state index in [1.165, 1.54) is 5.56 Å². The van der Waals surface area contributed by atoms with Crippen LogP contribution < -0.4 is 5.73 Å². The number of morpholine rings is 1. The maximum atomic E-state index is 11.5. The molecule has 1 amide bonds. The zero-order valence-electron chi connectivity index (χ0n) is 15.8. The molecule has 0 spiro atoms. The standard InChI is InChI=1S/C10H10N2O.C9H17NO3/c1-7-3-2-4-8(5-7)9-6-12-10(11)13-9;1-9(2,3)13-8(11)10-4-6-12-7-5-10/h2-6H,1H3,(H2,11,12);4-7H2,1-3H3. The van der Waals surface area contributed by atoms with Gasteiger partial charge in [0.1, 0.15) is 5.60 Å². The van der Waals surface area contributed by atoms with E-state index in [4.69, 9.17) is 19.6 Å². The number of benzene rings is 1. The van der Waals surface area contributed by atoms with Gasteiger partial charge in [0.25, 0.3) is 6.01 Å². The molecule has 0 unspecified atom stereocenters. The molecule has 0 radical (unpaired) electrons. The molecule has 2 heterocycles. The molecule has 0 saturated carbocycles. The van der Waals surface area contributed by atoms with Gasteiger partial charge in [-0.05, 0) is 33.8 Å². The quantitative estimate of drug-likeness (QED) is 0.836. The predicted octanol–water partition coefficient (Wildman–Crippen LogP) is 3.49. The zero-order valence-corrected chi connectivity index (χ0v) is 15.8.